The standard InChI is InChI=1S/C14H13N5O/c20-14(12-8-16-17-9-12)15-6-11-7-18-19(10-11)13-4-2-1-3-5-13/h1-5,7-10H,6H2,(H,15,20)(H,16,17). The number of amides is 1. The molecule has 1 amide bonds. The molecule has 3 aromatic rings. The lowest BCUT2D eigenvalue weighted by atomic mass is 10.3. The highest BCUT2D eigenvalue weighted by Crippen LogP contribution is 2.07. The minimum atomic E-state index is -0.161. The molecule has 0 unspecified atom stereocenters. The lowest BCUT2D eigenvalue weighted by Gasteiger charge is -2.01. The molecule has 100 valence electrons. The third-order valence-electron chi connectivity index (χ3n) is 2.87. The van der Waals surface area contributed by atoms with Crippen molar-refractivity contribution in [1.29, 1.82) is 0 Å². The van der Waals surface area contributed by atoms with Crippen molar-refractivity contribution in [2.45, 2.75) is 6.54 Å². The summed E-state index contributed by atoms with van der Waals surface area (Å²) in [5.74, 6) is -0.161. The van der Waals surface area contributed by atoms with E-state index in [0.29, 0.717) is 12.1 Å². The lowest BCUT2D eigenvalue weighted by molar-refractivity contribution is 0.0951. The Hall–Kier alpha value is -2.89. The SMILES string of the molecule is O=C(NCc1cnn(-c2ccccc2)c1)c1cn[nH]c1. The fourth-order valence-corrected chi connectivity index (χ4v) is 1.83. The molecule has 0 atom stereocenters. The summed E-state index contributed by atoms with van der Waals surface area (Å²) in [6.45, 7) is 0.427. The van der Waals surface area contributed by atoms with Gasteiger partial charge in [-0.15, -0.1) is 0 Å². The summed E-state index contributed by atoms with van der Waals surface area (Å²) in [4.78, 5) is 11.8. The van der Waals surface area contributed by atoms with Crippen molar-refractivity contribution >= 4 is 5.91 Å². The number of benzene rings is 1. The van der Waals surface area contributed by atoms with E-state index in [1.54, 1.807) is 17.1 Å². The summed E-state index contributed by atoms with van der Waals surface area (Å²) in [6.07, 6.45) is 6.68. The number of aromatic amines is 1. The van der Waals surface area contributed by atoms with Crippen LogP contribution < -0.4 is 5.32 Å². The van der Waals surface area contributed by atoms with E-state index in [1.807, 2.05) is 36.5 Å². The smallest absolute Gasteiger partial charge is 0.254 e. The molecule has 1 aromatic carbocycles. The molecule has 3 rings (SSSR count). The number of H-pyrrole nitrogens is 1. The Morgan fingerprint density at radius 2 is 2.10 bits per heavy atom. The third kappa shape index (κ3) is 2.59. The molecule has 20 heavy (non-hydrogen) atoms. The zero-order valence-corrected chi connectivity index (χ0v) is 10.7. The van der Waals surface area contributed by atoms with E-state index in [1.165, 1.54) is 6.20 Å². The topological polar surface area (TPSA) is 75.6 Å². The summed E-state index contributed by atoms with van der Waals surface area (Å²) in [7, 11) is 0. The van der Waals surface area contributed by atoms with Crippen molar-refractivity contribution in [3.8, 4) is 5.69 Å². The second-order valence-corrected chi connectivity index (χ2v) is 4.30. The van der Waals surface area contributed by atoms with Crippen molar-refractivity contribution in [3.63, 3.8) is 0 Å². The Balaban J connectivity index is 1.65. The normalized spacial score (nSPS) is 10.4. The highest BCUT2D eigenvalue weighted by molar-refractivity contribution is 5.93. The zero-order chi connectivity index (χ0) is 13.8. The van der Waals surface area contributed by atoms with E-state index in [2.05, 4.69) is 20.6 Å². The Kier molecular flexibility index (Phi) is 3.28. The van der Waals surface area contributed by atoms with E-state index in [-0.39, 0.29) is 5.91 Å². The molecule has 0 fully saturated rings. The molecule has 2 aromatic heterocycles. The van der Waals surface area contributed by atoms with Gasteiger partial charge in [-0.2, -0.15) is 10.2 Å². The van der Waals surface area contributed by atoms with Crippen LogP contribution >= 0.6 is 0 Å². The van der Waals surface area contributed by atoms with Crippen molar-refractivity contribution in [3.05, 3.63) is 66.2 Å². The second kappa shape index (κ2) is 5.40. The number of nitrogens with one attached hydrogen (secondary N) is 2. The van der Waals surface area contributed by atoms with E-state index in [4.69, 9.17) is 0 Å². The van der Waals surface area contributed by atoms with Gasteiger partial charge in [-0.1, -0.05) is 18.2 Å². The summed E-state index contributed by atoms with van der Waals surface area (Å²) in [5.41, 5.74) is 2.44. The van der Waals surface area contributed by atoms with Crippen LogP contribution in [-0.4, -0.2) is 25.9 Å². The fraction of sp³-hybridized carbons (Fsp3) is 0.0714. The van der Waals surface area contributed by atoms with Crippen molar-refractivity contribution < 1.29 is 4.79 Å². The van der Waals surface area contributed by atoms with Crippen molar-refractivity contribution in [2.75, 3.05) is 0 Å². The quantitative estimate of drug-likeness (QED) is 0.752. The number of aromatic nitrogens is 4. The number of hydrogen-bond acceptors (Lipinski definition) is 3. The maximum atomic E-state index is 11.8. The van der Waals surface area contributed by atoms with Gasteiger partial charge in [-0.25, -0.2) is 4.68 Å². The van der Waals surface area contributed by atoms with Crippen LogP contribution in [0.3, 0.4) is 0 Å². The minimum Gasteiger partial charge on any atom is -0.348 e. The molecule has 0 radical (unpaired) electrons. The summed E-state index contributed by atoms with van der Waals surface area (Å²) < 4.78 is 1.78. The molecule has 0 aliphatic rings. The van der Waals surface area contributed by atoms with Gasteiger partial charge in [-0.05, 0) is 12.1 Å². The van der Waals surface area contributed by atoms with Crippen LogP contribution in [-0.2, 0) is 6.54 Å². The van der Waals surface area contributed by atoms with E-state index in [9.17, 15) is 4.79 Å². The van der Waals surface area contributed by atoms with Gasteiger partial charge in [-0.3, -0.25) is 9.89 Å². The van der Waals surface area contributed by atoms with Gasteiger partial charge >= 0.3 is 0 Å². The highest BCUT2D eigenvalue weighted by atomic mass is 16.1. The van der Waals surface area contributed by atoms with Gasteiger partial charge < -0.3 is 5.32 Å². The number of hydrogen-bond donors (Lipinski definition) is 2. The van der Waals surface area contributed by atoms with Crippen LogP contribution in [0.4, 0.5) is 0 Å². The molecular formula is C14H13N5O. The molecular weight excluding hydrogens is 254 g/mol. The molecule has 0 saturated carbocycles. The Bertz CT molecular complexity index is 687. The Morgan fingerprint density at radius 3 is 2.85 bits per heavy atom. The zero-order valence-electron chi connectivity index (χ0n) is 10.7. The van der Waals surface area contributed by atoms with Crippen LogP contribution in [0.25, 0.3) is 5.69 Å². The maximum absolute atomic E-state index is 11.8. The number of para-hydroxylation sites is 1. The first-order valence-electron chi connectivity index (χ1n) is 6.19. The number of carbonyl (C=O) groups is 1. The van der Waals surface area contributed by atoms with Gasteiger partial charge in [0.15, 0.2) is 0 Å². The molecule has 6 nitrogen and oxygen atoms in total. The van der Waals surface area contributed by atoms with Crippen LogP contribution in [0.1, 0.15) is 15.9 Å². The molecule has 0 aliphatic heterocycles. The first kappa shape index (κ1) is 12.2. The molecule has 0 saturated heterocycles. The predicted octanol–water partition coefficient (Wildman–Crippen LogP) is 1.53. The first-order valence-corrected chi connectivity index (χ1v) is 6.19. The van der Waals surface area contributed by atoms with Gasteiger partial charge in [0.1, 0.15) is 0 Å². The molecule has 0 spiro atoms. The minimum absolute atomic E-state index is 0.161. The molecule has 2 N–H and O–H groups in total. The van der Waals surface area contributed by atoms with Gasteiger partial charge in [0.05, 0.1) is 23.6 Å². The van der Waals surface area contributed by atoms with E-state index < -0.39 is 0 Å². The van der Waals surface area contributed by atoms with Crippen LogP contribution in [0.5, 0.6) is 0 Å². The second-order valence-electron chi connectivity index (χ2n) is 4.30. The average molecular weight is 267 g/mol. The Labute approximate surface area is 115 Å². The largest absolute Gasteiger partial charge is 0.348 e. The maximum Gasteiger partial charge on any atom is 0.254 e. The predicted molar refractivity (Wildman–Crippen MR) is 73.3 cm³/mol. The number of nitrogens with zero attached hydrogens (tertiary/aromatic N) is 3. The Morgan fingerprint density at radius 1 is 1.25 bits per heavy atom. The van der Waals surface area contributed by atoms with Crippen LogP contribution in [0, 0.1) is 0 Å². The monoisotopic (exact) mass is 267 g/mol. The van der Waals surface area contributed by atoms with E-state index >= 15 is 0 Å². The molecule has 0 bridgehead atoms. The third-order valence-corrected chi connectivity index (χ3v) is 2.87. The lowest BCUT2D eigenvalue weighted by Crippen LogP contribution is -2.22. The van der Waals surface area contributed by atoms with Gasteiger partial charge in [0.2, 0.25) is 0 Å². The van der Waals surface area contributed by atoms with Crippen LogP contribution in [0.2, 0.25) is 0 Å². The molecule has 2 heterocycles. The van der Waals surface area contributed by atoms with Crippen molar-refractivity contribution in [2.24, 2.45) is 0 Å². The summed E-state index contributed by atoms with van der Waals surface area (Å²) in [5, 5.41) is 13.4. The highest BCUT2D eigenvalue weighted by Gasteiger charge is 2.07. The number of rotatable bonds is 4. The average Bonchev–Trinajstić information content (AvgIpc) is 3.17. The molecule has 6 heteroatoms. The number of carbonyl (C=O) groups excluding carboxylic acids is 1. The summed E-state index contributed by atoms with van der Waals surface area (Å²) in [6, 6.07) is 9.81. The molecule has 0 aliphatic carbocycles. The van der Waals surface area contributed by atoms with Gasteiger partial charge in [0, 0.05) is 24.5 Å². The summed E-state index contributed by atoms with van der Waals surface area (Å²) >= 11 is 0. The fourth-order valence-electron chi connectivity index (χ4n) is 1.83. The van der Waals surface area contributed by atoms with E-state index in [0.717, 1.165) is 11.3 Å². The first-order chi connectivity index (χ1) is 9.83. The van der Waals surface area contributed by atoms with Crippen molar-refractivity contribution in [1.82, 2.24) is 25.3 Å². The van der Waals surface area contributed by atoms with Gasteiger partial charge in [0.25, 0.3) is 5.91 Å². The van der Waals surface area contributed by atoms with Crippen LogP contribution in [0.15, 0.2) is 55.1 Å².